The van der Waals surface area contributed by atoms with E-state index >= 15 is 0 Å². The number of hydrogen-bond donors (Lipinski definition) is 0. The van der Waals surface area contributed by atoms with Crippen LogP contribution in [0.1, 0.15) is 16.7 Å². The van der Waals surface area contributed by atoms with Crippen molar-refractivity contribution in [1.29, 1.82) is 0 Å². The molecule has 0 saturated heterocycles. The summed E-state index contributed by atoms with van der Waals surface area (Å²) in [4.78, 5) is 0. The first-order valence-electron chi connectivity index (χ1n) is 6.11. The van der Waals surface area contributed by atoms with Gasteiger partial charge in [-0.15, -0.1) is 0 Å². The van der Waals surface area contributed by atoms with Gasteiger partial charge in [0.15, 0.2) is 0 Å². The van der Waals surface area contributed by atoms with Gasteiger partial charge in [0.2, 0.25) is 0 Å². The minimum atomic E-state index is -2.50. The van der Waals surface area contributed by atoms with Crippen LogP contribution >= 0.6 is 0 Å². The molecule has 1 aliphatic carbocycles. The predicted molar refractivity (Wildman–Crippen MR) is 70.5 cm³/mol. The Balaban J connectivity index is 0.000000408. The van der Waals surface area contributed by atoms with Gasteiger partial charge in [-0.3, -0.25) is 0 Å². The maximum absolute atomic E-state index is 9.75. The van der Waals surface area contributed by atoms with E-state index in [1.807, 2.05) is 0 Å². The topological polar surface area (TPSA) is 0 Å². The molecule has 0 radical (unpaired) electrons. The van der Waals surface area contributed by atoms with Gasteiger partial charge in [-0.25, -0.2) is 0 Å². The Morgan fingerprint density at radius 3 is 2.21 bits per heavy atom. The molecule has 0 saturated carbocycles. The van der Waals surface area contributed by atoms with E-state index in [0.717, 1.165) is 12.8 Å². The van der Waals surface area contributed by atoms with Gasteiger partial charge < -0.3 is 0 Å². The molecule has 3 heteroatoms. The zero-order chi connectivity index (χ0) is 13.5. The van der Waals surface area contributed by atoms with Gasteiger partial charge in [0.05, 0.1) is 0 Å². The van der Waals surface area contributed by atoms with Gasteiger partial charge in [0.25, 0.3) is 0 Å². The van der Waals surface area contributed by atoms with Crippen molar-refractivity contribution in [1.82, 2.24) is 0 Å². The Bertz CT molecular complexity index is 550. The predicted octanol–water partition coefficient (Wildman–Crippen LogP) is 4.71. The number of rotatable bonds is 2. The van der Waals surface area contributed by atoms with Crippen molar-refractivity contribution in [2.24, 2.45) is 0 Å². The number of fused-ring (bicyclic) bond motifs is 1. The van der Waals surface area contributed by atoms with Crippen LogP contribution in [0.4, 0.5) is 6.18 Å². The van der Waals surface area contributed by atoms with E-state index in [0.29, 0.717) is 0 Å². The van der Waals surface area contributed by atoms with E-state index in [9.17, 15) is 6.18 Å². The van der Waals surface area contributed by atoms with Gasteiger partial charge in [-0.2, -0.15) is 0 Å². The van der Waals surface area contributed by atoms with Crippen molar-refractivity contribution in [2.75, 3.05) is 0 Å². The van der Waals surface area contributed by atoms with Gasteiger partial charge in [-0.05, 0) is 29.5 Å². The summed E-state index contributed by atoms with van der Waals surface area (Å²) in [6.45, 7) is 0. The molecular formula is C16H14F2Ti. The first-order valence-corrected chi connectivity index (χ1v) is 7.29. The quantitative estimate of drug-likeness (QED) is 0.703. The Morgan fingerprint density at radius 1 is 0.895 bits per heavy atom. The third kappa shape index (κ3) is 4.12. The molecule has 0 aliphatic heterocycles. The van der Waals surface area contributed by atoms with Crippen LogP contribution in [-0.2, 0) is 33.1 Å². The van der Waals surface area contributed by atoms with Crippen molar-refractivity contribution in [3.63, 3.8) is 0 Å². The fourth-order valence-corrected chi connectivity index (χ4v) is 2.32. The summed E-state index contributed by atoms with van der Waals surface area (Å²) in [6.07, 6.45) is 4.53. The Kier molecular flexibility index (Phi) is 5.50. The molecule has 19 heavy (non-hydrogen) atoms. The van der Waals surface area contributed by atoms with E-state index in [2.05, 4.69) is 60.7 Å². The van der Waals surface area contributed by atoms with E-state index in [1.54, 1.807) is 0 Å². The molecule has 1 aliphatic rings. The molecule has 0 amide bonds. The Morgan fingerprint density at radius 2 is 1.53 bits per heavy atom. The van der Waals surface area contributed by atoms with E-state index < -0.39 is 20.2 Å². The molecule has 0 unspecified atom stereocenters. The SMILES string of the molecule is C1=C(Cc2ccccc2)Cc2ccccc21.[F][Ti][F]. The molecule has 0 heterocycles. The third-order valence-electron chi connectivity index (χ3n) is 3.11. The monoisotopic (exact) mass is 292 g/mol. The Labute approximate surface area is 122 Å². The zero-order valence-electron chi connectivity index (χ0n) is 10.4. The summed E-state index contributed by atoms with van der Waals surface area (Å²) in [5.41, 5.74) is 5.79. The van der Waals surface area contributed by atoms with Crippen molar-refractivity contribution < 1.29 is 26.4 Å². The fraction of sp³-hybridized carbons (Fsp3) is 0.125. The summed E-state index contributed by atoms with van der Waals surface area (Å²) in [6, 6.07) is 19.3. The zero-order valence-corrected chi connectivity index (χ0v) is 12.0. The molecule has 0 aromatic heterocycles. The van der Waals surface area contributed by atoms with Crippen LogP contribution in [0.2, 0.25) is 0 Å². The normalized spacial score (nSPS) is 12.0. The Hall–Kier alpha value is -1.25. The second-order valence-corrected chi connectivity index (χ2v) is 4.64. The number of halogens is 2. The molecule has 2 aromatic carbocycles. The van der Waals surface area contributed by atoms with Crippen molar-refractivity contribution in [2.45, 2.75) is 12.8 Å². The van der Waals surface area contributed by atoms with Crippen molar-refractivity contribution in [3.05, 3.63) is 76.9 Å². The maximum atomic E-state index is 9.75. The average Bonchev–Trinajstić information content (AvgIpc) is 2.83. The summed E-state index contributed by atoms with van der Waals surface area (Å²) >= 11 is -2.50. The molecule has 0 N–H and O–H groups in total. The summed E-state index contributed by atoms with van der Waals surface area (Å²) in [7, 11) is 0. The molecule has 0 bridgehead atoms. The van der Waals surface area contributed by atoms with Crippen LogP contribution in [0.15, 0.2) is 60.2 Å². The first kappa shape index (κ1) is 14.2. The molecule has 3 rings (SSSR count). The molecule has 0 nitrogen and oxygen atoms in total. The van der Waals surface area contributed by atoms with Gasteiger partial charge >= 0.3 is 26.4 Å². The molecular weight excluding hydrogens is 278 g/mol. The van der Waals surface area contributed by atoms with Crippen LogP contribution in [0.25, 0.3) is 6.08 Å². The number of benzene rings is 2. The van der Waals surface area contributed by atoms with Gasteiger partial charge in [-0.1, -0.05) is 66.2 Å². The molecule has 0 atom stereocenters. The van der Waals surface area contributed by atoms with Crippen molar-refractivity contribution in [3.8, 4) is 0 Å². The first-order chi connectivity index (χ1) is 9.33. The summed E-state index contributed by atoms with van der Waals surface area (Å²) in [5, 5.41) is 0. The second-order valence-electron chi connectivity index (χ2n) is 4.41. The van der Waals surface area contributed by atoms with Crippen LogP contribution < -0.4 is 0 Å². The van der Waals surface area contributed by atoms with Crippen LogP contribution in [0, 0.1) is 0 Å². The standard InChI is InChI=1S/C16H14.2FH.Ti/c1-2-6-13(7-3-1)10-14-11-15-8-4-5-9-16(15)12-14;;;/h1-9,11H,10,12H2;2*1H;/q;;;+2/p-2. The number of hydrogen-bond acceptors (Lipinski definition) is 0. The van der Waals surface area contributed by atoms with Gasteiger partial charge in [0, 0.05) is 0 Å². The van der Waals surface area contributed by atoms with E-state index in [-0.39, 0.29) is 0 Å². The number of allylic oxidation sites excluding steroid dienone is 1. The summed E-state index contributed by atoms with van der Waals surface area (Å²) < 4.78 is 19.5. The third-order valence-corrected chi connectivity index (χ3v) is 3.11. The summed E-state index contributed by atoms with van der Waals surface area (Å²) in [5.74, 6) is 0. The minimum absolute atomic E-state index is 1.08. The molecule has 2 aromatic rings. The van der Waals surface area contributed by atoms with Crippen molar-refractivity contribution >= 4 is 6.08 Å². The van der Waals surface area contributed by atoms with Crippen LogP contribution in [0.5, 0.6) is 0 Å². The van der Waals surface area contributed by atoms with E-state index in [1.165, 1.54) is 22.3 Å². The fourth-order valence-electron chi connectivity index (χ4n) is 2.32. The van der Waals surface area contributed by atoms with Gasteiger partial charge in [0.1, 0.15) is 0 Å². The average molecular weight is 292 g/mol. The van der Waals surface area contributed by atoms with Crippen LogP contribution in [-0.4, -0.2) is 0 Å². The van der Waals surface area contributed by atoms with E-state index in [4.69, 9.17) is 0 Å². The second kappa shape index (κ2) is 7.37. The molecule has 0 spiro atoms. The molecule has 96 valence electrons. The van der Waals surface area contributed by atoms with Crippen LogP contribution in [0.3, 0.4) is 0 Å². The molecule has 0 fully saturated rings.